The van der Waals surface area contributed by atoms with Gasteiger partial charge in [0.1, 0.15) is 5.82 Å². The molecule has 3 nitrogen and oxygen atoms in total. The van der Waals surface area contributed by atoms with Crippen molar-refractivity contribution in [3.05, 3.63) is 53.2 Å². The highest BCUT2D eigenvalue weighted by molar-refractivity contribution is 6.31. The zero-order chi connectivity index (χ0) is 10.5. The molecule has 0 amide bonds. The fourth-order valence-corrected chi connectivity index (χ4v) is 1.43. The van der Waals surface area contributed by atoms with Crippen molar-refractivity contribution in [2.45, 2.75) is 6.54 Å². The molecule has 0 aliphatic carbocycles. The van der Waals surface area contributed by atoms with Crippen LogP contribution in [0.2, 0.25) is 5.02 Å². The van der Waals surface area contributed by atoms with Gasteiger partial charge in [0.05, 0.1) is 0 Å². The van der Waals surface area contributed by atoms with E-state index in [2.05, 4.69) is 15.5 Å². The first-order valence-electron chi connectivity index (χ1n) is 4.61. The number of nitrogens with zero attached hydrogens (tertiary/aromatic N) is 2. The van der Waals surface area contributed by atoms with Crippen molar-refractivity contribution in [2.24, 2.45) is 0 Å². The molecule has 1 heterocycles. The van der Waals surface area contributed by atoms with Crippen LogP contribution in [0, 0.1) is 0 Å². The number of anilines is 1. The molecular weight excluding hydrogens is 210 g/mol. The normalized spacial score (nSPS) is 9.93. The molecule has 0 aliphatic rings. The number of rotatable bonds is 3. The summed E-state index contributed by atoms with van der Waals surface area (Å²) in [6.07, 6.45) is 1.64. The van der Waals surface area contributed by atoms with E-state index in [9.17, 15) is 0 Å². The van der Waals surface area contributed by atoms with Crippen LogP contribution in [0.1, 0.15) is 5.56 Å². The summed E-state index contributed by atoms with van der Waals surface area (Å²) in [5, 5.41) is 11.6. The number of benzene rings is 1. The van der Waals surface area contributed by atoms with Crippen LogP contribution in [-0.2, 0) is 6.54 Å². The van der Waals surface area contributed by atoms with E-state index in [1.165, 1.54) is 0 Å². The van der Waals surface area contributed by atoms with E-state index in [0.29, 0.717) is 6.54 Å². The number of halogens is 1. The van der Waals surface area contributed by atoms with Gasteiger partial charge in [0.15, 0.2) is 0 Å². The first kappa shape index (κ1) is 9.93. The van der Waals surface area contributed by atoms with Gasteiger partial charge in [-0.2, -0.15) is 5.10 Å². The minimum atomic E-state index is 0.651. The standard InChI is InChI=1S/C11H10ClN3/c12-10-5-2-1-4-9(10)8-13-11-6-3-7-14-15-11/h1-7H,8H2,(H,13,15). The van der Waals surface area contributed by atoms with Crippen molar-refractivity contribution in [2.75, 3.05) is 5.32 Å². The van der Waals surface area contributed by atoms with Gasteiger partial charge in [-0.15, -0.1) is 5.10 Å². The smallest absolute Gasteiger partial charge is 0.148 e. The first-order chi connectivity index (χ1) is 7.36. The number of aromatic nitrogens is 2. The van der Waals surface area contributed by atoms with Crippen molar-refractivity contribution < 1.29 is 0 Å². The summed E-state index contributed by atoms with van der Waals surface area (Å²) in [4.78, 5) is 0. The maximum atomic E-state index is 6.01. The Balaban J connectivity index is 2.03. The largest absolute Gasteiger partial charge is 0.364 e. The average Bonchev–Trinajstić information content (AvgIpc) is 2.29. The summed E-state index contributed by atoms with van der Waals surface area (Å²) in [5.41, 5.74) is 1.05. The zero-order valence-electron chi connectivity index (χ0n) is 8.02. The number of hydrogen-bond acceptors (Lipinski definition) is 3. The van der Waals surface area contributed by atoms with Gasteiger partial charge in [0.25, 0.3) is 0 Å². The third-order valence-corrected chi connectivity index (χ3v) is 2.36. The van der Waals surface area contributed by atoms with E-state index < -0.39 is 0 Å². The minimum absolute atomic E-state index is 0.651. The molecule has 0 saturated carbocycles. The van der Waals surface area contributed by atoms with Crippen molar-refractivity contribution in [3.63, 3.8) is 0 Å². The molecule has 0 unspecified atom stereocenters. The van der Waals surface area contributed by atoms with E-state index in [0.717, 1.165) is 16.4 Å². The van der Waals surface area contributed by atoms with Crippen molar-refractivity contribution in [1.29, 1.82) is 0 Å². The fraction of sp³-hybridized carbons (Fsp3) is 0.0909. The zero-order valence-corrected chi connectivity index (χ0v) is 8.78. The molecule has 1 aromatic heterocycles. The van der Waals surface area contributed by atoms with E-state index >= 15 is 0 Å². The molecule has 0 spiro atoms. The summed E-state index contributed by atoms with van der Waals surface area (Å²) in [7, 11) is 0. The molecule has 0 fully saturated rings. The Bertz CT molecular complexity index is 431. The van der Waals surface area contributed by atoms with Crippen LogP contribution >= 0.6 is 11.6 Å². The summed E-state index contributed by atoms with van der Waals surface area (Å²) in [6, 6.07) is 11.4. The number of nitrogens with one attached hydrogen (secondary N) is 1. The molecule has 15 heavy (non-hydrogen) atoms. The lowest BCUT2D eigenvalue weighted by molar-refractivity contribution is 1.00. The Labute approximate surface area is 93.1 Å². The fourth-order valence-electron chi connectivity index (χ4n) is 1.22. The Morgan fingerprint density at radius 3 is 2.73 bits per heavy atom. The van der Waals surface area contributed by atoms with E-state index in [1.54, 1.807) is 6.20 Å². The summed E-state index contributed by atoms with van der Waals surface area (Å²) in [5.74, 6) is 0.748. The van der Waals surface area contributed by atoms with Crippen LogP contribution < -0.4 is 5.32 Å². The van der Waals surface area contributed by atoms with Gasteiger partial charge in [-0.1, -0.05) is 29.8 Å². The Morgan fingerprint density at radius 2 is 2.00 bits per heavy atom. The summed E-state index contributed by atoms with van der Waals surface area (Å²) >= 11 is 6.01. The molecule has 2 rings (SSSR count). The maximum absolute atomic E-state index is 6.01. The molecule has 0 bridgehead atoms. The third kappa shape index (κ3) is 2.67. The lowest BCUT2D eigenvalue weighted by Gasteiger charge is -2.05. The highest BCUT2D eigenvalue weighted by Gasteiger charge is 1.98. The molecule has 2 aromatic rings. The Hall–Kier alpha value is -1.61. The van der Waals surface area contributed by atoms with Gasteiger partial charge in [0, 0.05) is 17.8 Å². The van der Waals surface area contributed by atoms with Crippen LogP contribution in [0.15, 0.2) is 42.6 Å². The lowest BCUT2D eigenvalue weighted by Crippen LogP contribution is -2.02. The van der Waals surface area contributed by atoms with E-state index in [-0.39, 0.29) is 0 Å². The van der Waals surface area contributed by atoms with E-state index in [1.807, 2.05) is 36.4 Å². The minimum Gasteiger partial charge on any atom is -0.364 e. The SMILES string of the molecule is Clc1ccccc1CNc1cccnn1. The van der Waals surface area contributed by atoms with Gasteiger partial charge in [-0.3, -0.25) is 0 Å². The second-order valence-corrected chi connectivity index (χ2v) is 3.46. The second-order valence-electron chi connectivity index (χ2n) is 3.05. The van der Waals surface area contributed by atoms with Crippen LogP contribution in [0.4, 0.5) is 5.82 Å². The van der Waals surface area contributed by atoms with Gasteiger partial charge >= 0.3 is 0 Å². The predicted molar refractivity (Wildman–Crippen MR) is 60.8 cm³/mol. The van der Waals surface area contributed by atoms with Crippen LogP contribution in [0.3, 0.4) is 0 Å². The molecule has 0 aliphatic heterocycles. The average molecular weight is 220 g/mol. The van der Waals surface area contributed by atoms with Gasteiger partial charge < -0.3 is 5.32 Å². The van der Waals surface area contributed by atoms with Gasteiger partial charge in [0.2, 0.25) is 0 Å². The maximum Gasteiger partial charge on any atom is 0.148 e. The second kappa shape index (κ2) is 4.75. The van der Waals surface area contributed by atoms with Crippen LogP contribution in [0.25, 0.3) is 0 Å². The lowest BCUT2D eigenvalue weighted by atomic mass is 10.2. The molecule has 1 aromatic carbocycles. The Kier molecular flexibility index (Phi) is 3.15. The highest BCUT2D eigenvalue weighted by atomic mass is 35.5. The number of hydrogen-bond donors (Lipinski definition) is 1. The highest BCUT2D eigenvalue weighted by Crippen LogP contribution is 2.15. The third-order valence-electron chi connectivity index (χ3n) is 1.99. The molecule has 1 N–H and O–H groups in total. The van der Waals surface area contributed by atoms with Gasteiger partial charge in [-0.25, -0.2) is 0 Å². The summed E-state index contributed by atoms with van der Waals surface area (Å²) < 4.78 is 0. The van der Waals surface area contributed by atoms with E-state index in [4.69, 9.17) is 11.6 Å². The molecule has 4 heteroatoms. The molecule has 0 saturated heterocycles. The van der Waals surface area contributed by atoms with Crippen LogP contribution in [0.5, 0.6) is 0 Å². The molecule has 0 atom stereocenters. The van der Waals surface area contributed by atoms with Crippen molar-refractivity contribution in [3.8, 4) is 0 Å². The topological polar surface area (TPSA) is 37.8 Å². The molecule has 76 valence electrons. The molecular formula is C11H10ClN3. The first-order valence-corrected chi connectivity index (χ1v) is 4.99. The van der Waals surface area contributed by atoms with Gasteiger partial charge in [-0.05, 0) is 23.8 Å². The monoisotopic (exact) mass is 219 g/mol. The molecule has 0 radical (unpaired) electrons. The van der Waals surface area contributed by atoms with Crippen molar-refractivity contribution >= 4 is 17.4 Å². The van der Waals surface area contributed by atoms with Crippen LogP contribution in [-0.4, -0.2) is 10.2 Å². The quantitative estimate of drug-likeness (QED) is 0.863. The predicted octanol–water partition coefficient (Wildman–Crippen LogP) is 2.74. The van der Waals surface area contributed by atoms with Crippen molar-refractivity contribution in [1.82, 2.24) is 10.2 Å². The summed E-state index contributed by atoms with van der Waals surface area (Å²) in [6.45, 7) is 0.651. The Morgan fingerprint density at radius 1 is 1.13 bits per heavy atom.